The van der Waals surface area contributed by atoms with Crippen LogP contribution in [-0.4, -0.2) is 14.5 Å². The molecule has 0 bridgehead atoms. The molecular weight excluding hydrogens is 715 g/mol. The molecule has 4 heterocycles. The fourth-order valence-corrected chi connectivity index (χ4v) is 10.2. The van der Waals surface area contributed by atoms with E-state index in [-0.39, 0.29) is 29.2 Å². The number of aromatic nitrogens is 3. The van der Waals surface area contributed by atoms with Gasteiger partial charge < -0.3 is 8.98 Å². The van der Waals surface area contributed by atoms with Gasteiger partial charge in [-0.15, -0.1) is 11.3 Å². The highest BCUT2D eigenvalue weighted by Crippen LogP contribution is 2.48. The monoisotopic (exact) mass is 748 g/mol. The number of hydrogen-bond acceptors (Lipinski definition) is 4. The molecule has 13 aromatic rings. The second-order valence-electron chi connectivity index (χ2n) is 14.5. The van der Waals surface area contributed by atoms with E-state index in [2.05, 4.69) is 108 Å². The van der Waals surface area contributed by atoms with Crippen LogP contribution in [-0.2, 0) is 0 Å². The van der Waals surface area contributed by atoms with E-state index in [1.54, 1.807) is 0 Å². The second-order valence-corrected chi connectivity index (χ2v) is 15.6. The molecule has 0 aliphatic carbocycles. The van der Waals surface area contributed by atoms with Gasteiger partial charge in [0.15, 0.2) is 5.82 Å². The number of benzene rings is 9. The third-order valence-corrected chi connectivity index (χ3v) is 12.7. The lowest BCUT2D eigenvalue weighted by molar-refractivity contribution is 0.657. The van der Waals surface area contributed by atoms with Gasteiger partial charge in [0, 0.05) is 69.3 Å². The van der Waals surface area contributed by atoms with E-state index < -0.39 is 18.1 Å². The molecule has 0 atom stereocenters. The molecule has 57 heavy (non-hydrogen) atoms. The van der Waals surface area contributed by atoms with Crippen molar-refractivity contribution in [3.8, 4) is 28.3 Å². The first-order chi connectivity index (χ1) is 30.3. The Morgan fingerprint density at radius 3 is 2.14 bits per heavy atom. The second kappa shape index (κ2) is 11.6. The molecule has 0 saturated heterocycles. The summed E-state index contributed by atoms with van der Waals surface area (Å²) in [5, 5.41) is 12.9. The Hall–Kier alpha value is -7.34. The van der Waals surface area contributed by atoms with Gasteiger partial charge in [-0.05, 0) is 52.6 Å². The molecule has 4 aromatic heterocycles. The predicted molar refractivity (Wildman–Crippen MR) is 240 cm³/mol. The number of rotatable bonds is 3. The van der Waals surface area contributed by atoms with E-state index in [4.69, 9.17) is 21.2 Å². The van der Waals surface area contributed by atoms with Crippen LogP contribution in [0.2, 0.25) is 0 Å². The van der Waals surface area contributed by atoms with Crippen molar-refractivity contribution in [2.75, 3.05) is 0 Å². The molecule has 5 heteroatoms. The smallest absolute Gasteiger partial charge is 0.231 e. The van der Waals surface area contributed by atoms with Crippen molar-refractivity contribution in [2.24, 2.45) is 0 Å². The highest BCUT2D eigenvalue weighted by atomic mass is 32.1. The fourth-order valence-electron chi connectivity index (χ4n) is 8.99. The lowest BCUT2D eigenvalue weighted by Crippen LogP contribution is -1.95. The summed E-state index contributed by atoms with van der Waals surface area (Å²) in [6.07, 6.45) is 0. The van der Waals surface area contributed by atoms with Crippen LogP contribution in [0, 0.1) is 0 Å². The van der Waals surface area contributed by atoms with Crippen LogP contribution in [0.3, 0.4) is 0 Å². The van der Waals surface area contributed by atoms with Crippen molar-refractivity contribution in [3.05, 3.63) is 176 Å². The minimum absolute atomic E-state index is 0.00518. The van der Waals surface area contributed by atoms with Gasteiger partial charge in [-0.1, -0.05) is 139 Å². The molecule has 9 aromatic carbocycles. The van der Waals surface area contributed by atoms with Gasteiger partial charge >= 0.3 is 0 Å². The number of furan rings is 1. The molecule has 264 valence electrons. The van der Waals surface area contributed by atoms with Gasteiger partial charge in [-0.25, -0.2) is 4.98 Å². The Bertz CT molecular complexity index is 4100. The minimum atomic E-state index is -0.475. The summed E-state index contributed by atoms with van der Waals surface area (Å²) < 4.78 is 54.1. The van der Waals surface area contributed by atoms with E-state index in [1.807, 2.05) is 53.8 Å². The molecule has 0 aliphatic heterocycles. The van der Waals surface area contributed by atoms with Crippen LogP contribution in [0.25, 0.3) is 125 Å². The quantitative estimate of drug-likeness (QED) is 0.181. The normalized spacial score (nSPS) is 13.4. The summed E-state index contributed by atoms with van der Waals surface area (Å²) in [5.74, 6) is -0.00518. The zero-order valence-electron chi connectivity index (χ0n) is 35.0. The first-order valence-electron chi connectivity index (χ1n) is 21.3. The van der Waals surface area contributed by atoms with Crippen LogP contribution in [0.15, 0.2) is 180 Å². The van der Waals surface area contributed by atoms with Crippen LogP contribution in [0.1, 0.15) is 6.85 Å². The van der Waals surface area contributed by atoms with Gasteiger partial charge in [0.25, 0.3) is 0 Å². The Balaban J connectivity index is 1.06. The molecular formula is C52H29N3OS. The van der Waals surface area contributed by atoms with Crippen molar-refractivity contribution in [2.45, 2.75) is 0 Å². The third-order valence-electron chi connectivity index (χ3n) is 11.4. The largest absolute Gasteiger partial charge is 0.437 e. The first-order valence-corrected chi connectivity index (χ1v) is 19.6. The summed E-state index contributed by atoms with van der Waals surface area (Å²) >= 11 is 1.86. The average molecular weight is 749 g/mol. The van der Waals surface area contributed by atoms with E-state index in [0.29, 0.717) is 16.7 Å². The topological polar surface area (TPSA) is 43.9 Å². The summed E-state index contributed by atoms with van der Waals surface area (Å²) in [6, 6.07) is 48.8. The molecule has 0 aliphatic rings. The Morgan fingerprint density at radius 1 is 0.526 bits per heavy atom. The molecule has 0 amide bonds. The average Bonchev–Trinajstić information content (AvgIpc) is 4.00. The predicted octanol–water partition coefficient (Wildman–Crippen LogP) is 14.6. The van der Waals surface area contributed by atoms with Crippen molar-refractivity contribution in [1.82, 2.24) is 14.5 Å². The highest BCUT2D eigenvalue weighted by molar-refractivity contribution is 7.27. The number of fused-ring (bicyclic) bond motifs is 16. The van der Waals surface area contributed by atoms with Crippen LogP contribution >= 0.6 is 11.3 Å². The van der Waals surface area contributed by atoms with Crippen LogP contribution < -0.4 is 0 Å². The molecule has 0 N–H and O–H groups in total. The number of thiophene rings is 1. The van der Waals surface area contributed by atoms with Crippen LogP contribution in [0.5, 0.6) is 0 Å². The molecule has 0 fully saturated rings. The van der Waals surface area contributed by atoms with E-state index in [1.165, 1.54) is 47.2 Å². The fraction of sp³-hybridized carbons (Fsp3) is 0. The number of nitrogens with zero attached hydrogens (tertiary/aromatic N) is 3. The lowest BCUT2D eigenvalue weighted by Gasteiger charge is -2.13. The summed E-state index contributed by atoms with van der Waals surface area (Å²) in [5.41, 5.74) is 5.50. The Morgan fingerprint density at radius 2 is 1.25 bits per heavy atom. The van der Waals surface area contributed by atoms with E-state index in [0.717, 1.165) is 43.7 Å². The van der Waals surface area contributed by atoms with Crippen LogP contribution in [0.4, 0.5) is 0 Å². The summed E-state index contributed by atoms with van der Waals surface area (Å²) in [6.45, 7) is 0. The lowest BCUT2D eigenvalue weighted by atomic mass is 9.99. The van der Waals surface area contributed by atoms with Gasteiger partial charge in [-0.2, -0.15) is 4.98 Å². The zero-order valence-corrected chi connectivity index (χ0v) is 30.8. The van der Waals surface area contributed by atoms with Gasteiger partial charge in [0.05, 0.1) is 29.0 Å². The maximum absolute atomic E-state index is 8.79. The molecule has 0 spiro atoms. The summed E-state index contributed by atoms with van der Waals surface area (Å²) in [7, 11) is 0. The van der Waals surface area contributed by atoms with Crippen molar-refractivity contribution in [1.29, 1.82) is 0 Å². The van der Waals surface area contributed by atoms with Gasteiger partial charge in [0.1, 0.15) is 5.58 Å². The maximum atomic E-state index is 8.79. The van der Waals surface area contributed by atoms with Crippen molar-refractivity contribution in [3.63, 3.8) is 0 Å². The maximum Gasteiger partial charge on any atom is 0.231 e. The molecule has 13 rings (SSSR count). The summed E-state index contributed by atoms with van der Waals surface area (Å²) in [4.78, 5) is 9.81. The van der Waals surface area contributed by atoms with Gasteiger partial charge in [-0.3, -0.25) is 0 Å². The standard InChI is InChI=1S/C52H29N3OS/c1-2-13-31(14-3-1)51-53-47(46-41-27-25-30-12-4-5-15-36(30)49(41)56-52(46)54-51)34-23-22-33-29-35(26-24-32(33)28-34)55-42-20-10-8-18-39(42)44-45-40-19-9-11-21-43(40)57-50(45)38-17-7-6-16-37(38)48(44)55/h1-29H/i1D,2D,3D,13D,14D. The molecule has 4 nitrogen and oxygen atoms in total. The molecule has 0 radical (unpaired) electrons. The van der Waals surface area contributed by atoms with Gasteiger partial charge in [0.2, 0.25) is 5.71 Å². The highest BCUT2D eigenvalue weighted by Gasteiger charge is 2.23. The number of hydrogen-bond donors (Lipinski definition) is 0. The minimum Gasteiger partial charge on any atom is -0.437 e. The van der Waals surface area contributed by atoms with Crippen molar-refractivity contribution >= 4 is 108 Å². The molecule has 0 unspecified atom stereocenters. The first kappa shape index (κ1) is 26.5. The number of para-hydroxylation sites is 1. The molecule has 0 saturated carbocycles. The Labute approximate surface area is 336 Å². The van der Waals surface area contributed by atoms with Crippen molar-refractivity contribution < 1.29 is 11.3 Å². The Kier molecular flexibility index (Phi) is 5.38. The van der Waals surface area contributed by atoms with E-state index >= 15 is 0 Å². The third kappa shape index (κ3) is 4.37. The van der Waals surface area contributed by atoms with E-state index in [9.17, 15) is 0 Å². The zero-order chi connectivity index (χ0) is 41.5. The SMILES string of the molecule is [2H]c1c([2H])c([2H])c(-c2nc(-c3ccc4cc(-n5c6ccccc6c6c7c8ccccc8sc7c7ccccc7c65)ccc4c3)c3c(n2)oc2c4ccccc4ccc23)c([2H])c1[2H].